The van der Waals surface area contributed by atoms with Crippen LogP contribution in [0.4, 0.5) is 0 Å². The Bertz CT molecular complexity index is 1000. The molecule has 3 aliphatic rings. The first-order valence-corrected chi connectivity index (χ1v) is 13.5. The predicted molar refractivity (Wildman–Crippen MR) is 134 cm³/mol. The van der Waals surface area contributed by atoms with Crippen LogP contribution in [0.3, 0.4) is 0 Å². The maximum Gasteiger partial charge on any atom is 0.325 e. The summed E-state index contributed by atoms with van der Waals surface area (Å²) in [5, 5.41) is 10.1. The van der Waals surface area contributed by atoms with Crippen molar-refractivity contribution in [3.63, 3.8) is 0 Å². The average Bonchev–Trinajstić information content (AvgIpc) is 3.57. The highest BCUT2D eigenvalue weighted by atomic mass is 16.5. The Hall–Kier alpha value is -2.28. The van der Waals surface area contributed by atoms with Crippen molar-refractivity contribution in [2.24, 2.45) is 0 Å². The highest BCUT2D eigenvalue weighted by Gasteiger charge is 2.36. The first kappa shape index (κ1) is 24.4. The molecule has 1 N–H and O–H groups in total. The molecule has 188 valence electrons. The Balaban J connectivity index is 1.10. The lowest BCUT2D eigenvalue weighted by atomic mass is 9.94. The van der Waals surface area contributed by atoms with Crippen LogP contribution in [0, 0.1) is 0 Å². The SMILES string of the molecule is O=C(O)C(c1ccccc1C1CCCO1)N1CC[C@@H](OCCCCc2ccc3c(n2)CCCC3)C1. The Labute approximate surface area is 208 Å². The maximum atomic E-state index is 12.4. The molecule has 2 fully saturated rings. The average molecular weight is 479 g/mol. The summed E-state index contributed by atoms with van der Waals surface area (Å²) in [6.07, 6.45) is 10.9. The van der Waals surface area contributed by atoms with Crippen molar-refractivity contribution >= 4 is 5.97 Å². The number of carboxylic acids is 1. The smallest absolute Gasteiger partial charge is 0.325 e. The number of aromatic nitrogens is 1. The highest BCUT2D eigenvalue weighted by Crippen LogP contribution is 2.36. The van der Waals surface area contributed by atoms with Gasteiger partial charge in [0.25, 0.3) is 0 Å². The van der Waals surface area contributed by atoms with Gasteiger partial charge in [0.2, 0.25) is 0 Å². The highest BCUT2D eigenvalue weighted by molar-refractivity contribution is 5.76. The summed E-state index contributed by atoms with van der Waals surface area (Å²) in [4.78, 5) is 19.3. The molecule has 2 aliphatic heterocycles. The lowest BCUT2D eigenvalue weighted by Crippen LogP contribution is -2.34. The van der Waals surface area contributed by atoms with E-state index in [0.717, 1.165) is 69.2 Å². The van der Waals surface area contributed by atoms with Crippen LogP contribution < -0.4 is 0 Å². The predicted octanol–water partition coefficient (Wildman–Crippen LogP) is 5.05. The molecule has 6 heteroatoms. The van der Waals surface area contributed by atoms with Crippen molar-refractivity contribution in [3.05, 3.63) is 64.5 Å². The van der Waals surface area contributed by atoms with Crippen LogP contribution in [0.15, 0.2) is 36.4 Å². The molecule has 1 aromatic carbocycles. The third-order valence-corrected chi connectivity index (χ3v) is 7.76. The summed E-state index contributed by atoms with van der Waals surface area (Å²) in [7, 11) is 0. The van der Waals surface area contributed by atoms with Gasteiger partial charge in [0.1, 0.15) is 6.04 Å². The number of nitrogens with zero attached hydrogens (tertiary/aromatic N) is 2. The van der Waals surface area contributed by atoms with Crippen molar-refractivity contribution in [3.8, 4) is 0 Å². The summed E-state index contributed by atoms with van der Waals surface area (Å²) in [5.74, 6) is -0.798. The topological polar surface area (TPSA) is 71.9 Å². The molecule has 5 rings (SSSR count). The number of pyridine rings is 1. The summed E-state index contributed by atoms with van der Waals surface area (Å²) in [5.41, 5.74) is 5.84. The van der Waals surface area contributed by atoms with Gasteiger partial charge in [-0.25, -0.2) is 0 Å². The van der Waals surface area contributed by atoms with E-state index in [-0.39, 0.29) is 12.2 Å². The Morgan fingerprint density at radius 2 is 2.00 bits per heavy atom. The largest absolute Gasteiger partial charge is 0.480 e. The van der Waals surface area contributed by atoms with Gasteiger partial charge in [-0.05, 0) is 87.0 Å². The number of ether oxygens (including phenoxy) is 2. The number of likely N-dealkylation sites (tertiary alicyclic amines) is 1. The van der Waals surface area contributed by atoms with Gasteiger partial charge in [0.05, 0.1) is 12.2 Å². The van der Waals surface area contributed by atoms with Crippen LogP contribution in [0.1, 0.15) is 85.2 Å². The number of carbonyl (C=O) groups is 1. The number of unbranched alkanes of at least 4 members (excludes halogenated alkanes) is 1. The molecule has 2 aromatic rings. The molecule has 1 aliphatic carbocycles. The number of benzene rings is 1. The molecule has 0 spiro atoms. The van der Waals surface area contributed by atoms with Crippen LogP contribution >= 0.6 is 0 Å². The van der Waals surface area contributed by atoms with Gasteiger partial charge in [-0.15, -0.1) is 0 Å². The fraction of sp³-hybridized carbons (Fsp3) is 0.586. The van der Waals surface area contributed by atoms with E-state index in [9.17, 15) is 9.90 Å². The van der Waals surface area contributed by atoms with Crippen LogP contribution in [-0.2, 0) is 33.5 Å². The Morgan fingerprint density at radius 1 is 1.11 bits per heavy atom. The van der Waals surface area contributed by atoms with E-state index < -0.39 is 12.0 Å². The quantitative estimate of drug-likeness (QED) is 0.482. The third kappa shape index (κ3) is 5.93. The van der Waals surface area contributed by atoms with Crippen LogP contribution in [0.5, 0.6) is 0 Å². The van der Waals surface area contributed by atoms with Gasteiger partial charge in [0.15, 0.2) is 0 Å². The first-order valence-electron chi connectivity index (χ1n) is 13.5. The number of hydrogen-bond acceptors (Lipinski definition) is 5. The molecule has 3 atom stereocenters. The molecule has 2 saturated heterocycles. The zero-order valence-corrected chi connectivity index (χ0v) is 20.7. The number of rotatable bonds is 10. The number of aliphatic carboxylic acids is 1. The molecule has 0 radical (unpaired) electrons. The van der Waals surface area contributed by atoms with E-state index in [4.69, 9.17) is 14.5 Å². The molecule has 0 amide bonds. The molecule has 35 heavy (non-hydrogen) atoms. The summed E-state index contributed by atoms with van der Waals surface area (Å²) < 4.78 is 12.1. The van der Waals surface area contributed by atoms with E-state index >= 15 is 0 Å². The summed E-state index contributed by atoms with van der Waals surface area (Å²) >= 11 is 0. The van der Waals surface area contributed by atoms with Crippen molar-refractivity contribution in [2.75, 3.05) is 26.3 Å². The number of hydrogen-bond donors (Lipinski definition) is 1. The number of aryl methyl sites for hydroxylation is 3. The van der Waals surface area contributed by atoms with E-state index in [1.807, 2.05) is 24.3 Å². The summed E-state index contributed by atoms with van der Waals surface area (Å²) in [6, 6.07) is 11.7. The molecular weight excluding hydrogens is 440 g/mol. The van der Waals surface area contributed by atoms with E-state index in [0.29, 0.717) is 13.2 Å². The van der Waals surface area contributed by atoms with E-state index in [2.05, 4.69) is 17.0 Å². The van der Waals surface area contributed by atoms with Crippen molar-refractivity contribution in [1.82, 2.24) is 9.88 Å². The maximum absolute atomic E-state index is 12.4. The molecule has 0 bridgehead atoms. The minimum Gasteiger partial charge on any atom is -0.480 e. The van der Waals surface area contributed by atoms with Crippen molar-refractivity contribution in [2.45, 2.75) is 82.5 Å². The molecule has 0 saturated carbocycles. The second-order valence-electron chi connectivity index (χ2n) is 10.2. The van der Waals surface area contributed by atoms with Crippen LogP contribution in [0.2, 0.25) is 0 Å². The van der Waals surface area contributed by atoms with Gasteiger partial charge in [-0.1, -0.05) is 30.3 Å². The van der Waals surface area contributed by atoms with Crippen LogP contribution in [-0.4, -0.2) is 53.4 Å². The monoisotopic (exact) mass is 478 g/mol. The molecule has 6 nitrogen and oxygen atoms in total. The second kappa shape index (κ2) is 11.6. The fourth-order valence-electron chi connectivity index (χ4n) is 5.91. The normalized spacial score (nSPS) is 23.3. The minimum atomic E-state index is -0.798. The Kier molecular flexibility index (Phi) is 8.12. The lowest BCUT2D eigenvalue weighted by molar-refractivity contribution is -0.143. The molecular formula is C29H38N2O4. The second-order valence-corrected chi connectivity index (χ2v) is 10.2. The summed E-state index contributed by atoms with van der Waals surface area (Å²) in [6.45, 7) is 2.86. The van der Waals surface area contributed by atoms with Gasteiger partial charge >= 0.3 is 5.97 Å². The number of fused-ring (bicyclic) bond motifs is 1. The van der Waals surface area contributed by atoms with Gasteiger partial charge in [0, 0.05) is 37.7 Å². The zero-order valence-electron chi connectivity index (χ0n) is 20.7. The Morgan fingerprint density at radius 3 is 2.86 bits per heavy atom. The van der Waals surface area contributed by atoms with Crippen LogP contribution in [0.25, 0.3) is 0 Å². The third-order valence-electron chi connectivity index (χ3n) is 7.76. The van der Waals surface area contributed by atoms with Crippen molar-refractivity contribution in [1.29, 1.82) is 0 Å². The zero-order chi connectivity index (χ0) is 24.0. The van der Waals surface area contributed by atoms with Gasteiger partial charge < -0.3 is 14.6 Å². The number of carboxylic acid groups (broad SMARTS) is 1. The molecule has 1 aromatic heterocycles. The van der Waals surface area contributed by atoms with Gasteiger partial charge in [-0.3, -0.25) is 14.7 Å². The molecule has 3 heterocycles. The minimum absolute atomic E-state index is 0.00677. The van der Waals surface area contributed by atoms with Gasteiger partial charge in [-0.2, -0.15) is 0 Å². The fourth-order valence-corrected chi connectivity index (χ4v) is 5.91. The standard InChI is InChI=1S/C29H38N2O4/c32-29(33)28(25-11-3-2-10-24(25)27-13-7-19-35-27)31-17-16-23(20-31)34-18-6-5-9-22-15-14-21-8-1-4-12-26(21)30-22/h2-3,10-11,14-15,23,27-28H,1,4-9,12-13,16-20H2,(H,32,33)/t23-,27?,28?/m1/s1. The first-order chi connectivity index (χ1) is 17.2. The van der Waals surface area contributed by atoms with Crippen molar-refractivity contribution < 1.29 is 19.4 Å². The molecule has 2 unspecified atom stereocenters. The van der Waals surface area contributed by atoms with E-state index in [1.165, 1.54) is 36.2 Å². The lowest BCUT2D eigenvalue weighted by Gasteiger charge is -2.27. The van der Waals surface area contributed by atoms with E-state index in [1.54, 1.807) is 0 Å².